The number of aryl methyl sites for hydroxylation is 2. The highest BCUT2D eigenvalue weighted by Gasteiger charge is 2.19. The maximum absolute atomic E-state index is 4.85. The Morgan fingerprint density at radius 2 is 1.89 bits per heavy atom. The lowest BCUT2D eigenvalue weighted by Crippen LogP contribution is -2.52. The molecule has 3 rings (SSSR count). The maximum atomic E-state index is 4.85. The van der Waals surface area contributed by atoms with E-state index in [0.29, 0.717) is 0 Å². The largest absolute Gasteiger partial charge is 0.357 e. The van der Waals surface area contributed by atoms with Crippen LogP contribution in [0.15, 0.2) is 41.9 Å². The van der Waals surface area contributed by atoms with E-state index in [4.69, 9.17) is 4.99 Å². The van der Waals surface area contributed by atoms with E-state index in [1.807, 2.05) is 4.57 Å². The second-order valence-corrected chi connectivity index (χ2v) is 7.39. The first-order chi connectivity index (χ1) is 13.7. The van der Waals surface area contributed by atoms with Crippen molar-refractivity contribution in [1.82, 2.24) is 29.9 Å². The van der Waals surface area contributed by atoms with Gasteiger partial charge in [0, 0.05) is 52.4 Å². The third-order valence-electron chi connectivity index (χ3n) is 5.05. The molecule has 1 aliphatic heterocycles. The Bertz CT molecular complexity index is 718. The van der Waals surface area contributed by atoms with Crippen molar-refractivity contribution in [2.75, 3.05) is 39.3 Å². The predicted octanol–water partition coefficient (Wildman–Crippen LogP) is 2.15. The number of hydrogen-bond donors (Lipinski definition) is 1. The average Bonchev–Trinajstić information content (AvgIpc) is 3.21. The molecule has 2 aromatic rings. The summed E-state index contributed by atoms with van der Waals surface area (Å²) < 4.78 is 2.02. The van der Waals surface area contributed by atoms with Crippen molar-refractivity contribution in [1.29, 1.82) is 0 Å². The molecule has 7 nitrogen and oxygen atoms in total. The summed E-state index contributed by atoms with van der Waals surface area (Å²) in [4.78, 5) is 9.78. The molecule has 152 valence electrons. The van der Waals surface area contributed by atoms with E-state index in [1.54, 1.807) is 12.7 Å². The van der Waals surface area contributed by atoms with Gasteiger partial charge in [-0.1, -0.05) is 29.8 Å². The summed E-state index contributed by atoms with van der Waals surface area (Å²) in [6, 6.07) is 8.83. The minimum atomic E-state index is 0.855. The fourth-order valence-corrected chi connectivity index (χ4v) is 3.54. The quantitative estimate of drug-likeness (QED) is 0.430. The zero-order chi connectivity index (χ0) is 19.6. The summed E-state index contributed by atoms with van der Waals surface area (Å²) in [6.07, 6.45) is 5.69. The molecule has 0 bridgehead atoms. The first-order valence-corrected chi connectivity index (χ1v) is 10.4. The minimum Gasteiger partial charge on any atom is -0.357 e. The maximum Gasteiger partial charge on any atom is 0.194 e. The van der Waals surface area contributed by atoms with Crippen molar-refractivity contribution in [2.45, 2.75) is 39.8 Å². The molecule has 0 aliphatic carbocycles. The van der Waals surface area contributed by atoms with E-state index < -0.39 is 0 Å². The number of aromatic nitrogens is 3. The first kappa shape index (κ1) is 20.3. The Kier molecular flexibility index (Phi) is 7.84. The molecular weight excluding hydrogens is 350 g/mol. The fraction of sp³-hybridized carbons (Fsp3) is 0.571. The predicted molar refractivity (Wildman–Crippen MR) is 113 cm³/mol. The lowest BCUT2D eigenvalue weighted by Gasteiger charge is -2.36. The number of nitrogens with zero attached hydrogens (tertiary/aromatic N) is 6. The molecule has 1 N–H and O–H groups in total. The standard InChI is InChI=1S/C21H33N7/c1-3-22-21(23-9-4-5-10-27-17-24-25-18-27)28-13-11-26(12-14-28)16-20-8-6-7-19(2)15-20/h6-8,15,17-18H,3-5,9-14,16H2,1-2H3,(H,22,23). The Hall–Kier alpha value is -2.41. The molecule has 1 aromatic carbocycles. The highest BCUT2D eigenvalue weighted by molar-refractivity contribution is 5.80. The van der Waals surface area contributed by atoms with E-state index in [-0.39, 0.29) is 0 Å². The SMILES string of the molecule is CCNC(=NCCCCn1cnnc1)N1CCN(Cc2cccc(C)c2)CC1. The van der Waals surface area contributed by atoms with Gasteiger partial charge < -0.3 is 14.8 Å². The van der Waals surface area contributed by atoms with Crippen molar-refractivity contribution >= 4 is 5.96 Å². The number of nitrogens with one attached hydrogen (secondary N) is 1. The molecule has 7 heteroatoms. The lowest BCUT2D eigenvalue weighted by atomic mass is 10.1. The van der Waals surface area contributed by atoms with E-state index >= 15 is 0 Å². The Balaban J connectivity index is 1.42. The van der Waals surface area contributed by atoms with Gasteiger partial charge in [0.05, 0.1) is 0 Å². The highest BCUT2D eigenvalue weighted by Crippen LogP contribution is 2.10. The summed E-state index contributed by atoms with van der Waals surface area (Å²) in [7, 11) is 0. The normalized spacial score (nSPS) is 15.8. The number of rotatable bonds is 8. The van der Waals surface area contributed by atoms with Gasteiger partial charge in [0.2, 0.25) is 0 Å². The van der Waals surface area contributed by atoms with Crippen molar-refractivity contribution < 1.29 is 0 Å². The van der Waals surface area contributed by atoms with Crippen LogP contribution >= 0.6 is 0 Å². The average molecular weight is 384 g/mol. The number of aliphatic imine (C=N–C) groups is 1. The van der Waals surface area contributed by atoms with Crippen molar-refractivity contribution in [2.24, 2.45) is 4.99 Å². The van der Waals surface area contributed by atoms with Gasteiger partial charge in [-0.2, -0.15) is 0 Å². The van der Waals surface area contributed by atoms with Gasteiger partial charge in [0.25, 0.3) is 0 Å². The topological polar surface area (TPSA) is 61.6 Å². The molecule has 0 amide bonds. The second-order valence-electron chi connectivity index (χ2n) is 7.39. The number of unbranched alkanes of at least 4 members (excludes halogenated alkanes) is 1. The summed E-state index contributed by atoms with van der Waals surface area (Å²) in [5, 5.41) is 11.1. The Morgan fingerprint density at radius 1 is 1.11 bits per heavy atom. The fourth-order valence-electron chi connectivity index (χ4n) is 3.54. The van der Waals surface area contributed by atoms with Crippen LogP contribution in [0.1, 0.15) is 30.9 Å². The van der Waals surface area contributed by atoms with Gasteiger partial charge in [-0.3, -0.25) is 9.89 Å². The van der Waals surface area contributed by atoms with Gasteiger partial charge in [-0.15, -0.1) is 10.2 Å². The second kappa shape index (κ2) is 10.8. The molecule has 1 aromatic heterocycles. The summed E-state index contributed by atoms with van der Waals surface area (Å²) in [5.74, 6) is 1.06. The van der Waals surface area contributed by atoms with Gasteiger partial charge in [-0.05, 0) is 32.3 Å². The van der Waals surface area contributed by atoms with Gasteiger partial charge in [0.15, 0.2) is 5.96 Å². The van der Waals surface area contributed by atoms with Crippen LogP contribution in [0, 0.1) is 6.92 Å². The third-order valence-corrected chi connectivity index (χ3v) is 5.05. The minimum absolute atomic E-state index is 0.855. The number of hydrogen-bond acceptors (Lipinski definition) is 4. The molecule has 0 atom stereocenters. The van der Waals surface area contributed by atoms with Crippen LogP contribution in [-0.4, -0.2) is 69.8 Å². The smallest absolute Gasteiger partial charge is 0.194 e. The first-order valence-electron chi connectivity index (χ1n) is 10.4. The summed E-state index contributed by atoms with van der Waals surface area (Å²) in [6.45, 7) is 12.2. The molecular formula is C21H33N7. The van der Waals surface area contributed by atoms with Crippen molar-refractivity contribution in [3.05, 3.63) is 48.0 Å². The molecule has 28 heavy (non-hydrogen) atoms. The molecule has 1 aliphatic rings. The molecule has 0 radical (unpaired) electrons. The van der Waals surface area contributed by atoms with Crippen LogP contribution in [-0.2, 0) is 13.1 Å². The molecule has 2 heterocycles. The third kappa shape index (κ3) is 6.34. The van der Waals surface area contributed by atoms with Crippen molar-refractivity contribution in [3.63, 3.8) is 0 Å². The van der Waals surface area contributed by atoms with Crippen LogP contribution in [0.4, 0.5) is 0 Å². The van der Waals surface area contributed by atoms with Gasteiger partial charge in [-0.25, -0.2) is 0 Å². The van der Waals surface area contributed by atoms with E-state index in [0.717, 1.165) is 71.2 Å². The van der Waals surface area contributed by atoms with E-state index in [9.17, 15) is 0 Å². The summed E-state index contributed by atoms with van der Waals surface area (Å²) >= 11 is 0. The molecule has 1 saturated heterocycles. The van der Waals surface area contributed by atoms with Crippen LogP contribution < -0.4 is 5.32 Å². The monoisotopic (exact) mass is 383 g/mol. The number of guanidine groups is 1. The Morgan fingerprint density at radius 3 is 2.61 bits per heavy atom. The molecule has 0 unspecified atom stereocenters. The van der Waals surface area contributed by atoms with Gasteiger partial charge in [0.1, 0.15) is 12.7 Å². The lowest BCUT2D eigenvalue weighted by molar-refractivity contribution is 0.172. The number of piperazine rings is 1. The van der Waals surface area contributed by atoms with E-state index in [1.165, 1.54) is 11.1 Å². The van der Waals surface area contributed by atoms with Gasteiger partial charge >= 0.3 is 0 Å². The zero-order valence-electron chi connectivity index (χ0n) is 17.2. The molecule has 1 fully saturated rings. The summed E-state index contributed by atoms with van der Waals surface area (Å²) in [5.41, 5.74) is 2.74. The highest BCUT2D eigenvalue weighted by atomic mass is 15.3. The van der Waals surface area contributed by atoms with Crippen LogP contribution in [0.25, 0.3) is 0 Å². The Labute approximate surface area is 168 Å². The molecule has 0 spiro atoms. The van der Waals surface area contributed by atoms with E-state index in [2.05, 4.69) is 63.4 Å². The number of benzene rings is 1. The van der Waals surface area contributed by atoms with Crippen LogP contribution in [0.5, 0.6) is 0 Å². The molecule has 0 saturated carbocycles. The van der Waals surface area contributed by atoms with Crippen molar-refractivity contribution in [3.8, 4) is 0 Å². The van der Waals surface area contributed by atoms with Crippen LogP contribution in [0.2, 0.25) is 0 Å². The zero-order valence-corrected chi connectivity index (χ0v) is 17.2. The van der Waals surface area contributed by atoms with Crippen LogP contribution in [0.3, 0.4) is 0 Å².